The zero-order valence-electron chi connectivity index (χ0n) is 14.8. The Labute approximate surface area is 146 Å². The fraction of sp³-hybridized carbons (Fsp3) is 0.368. The van der Waals surface area contributed by atoms with Gasteiger partial charge in [-0.15, -0.1) is 0 Å². The summed E-state index contributed by atoms with van der Waals surface area (Å²) in [6, 6.07) is 6.50. The highest BCUT2D eigenvalue weighted by molar-refractivity contribution is 5.92. The van der Waals surface area contributed by atoms with Crippen molar-refractivity contribution < 1.29 is 13.6 Å². The summed E-state index contributed by atoms with van der Waals surface area (Å²) in [6.07, 6.45) is 3.71. The van der Waals surface area contributed by atoms with Crippen molar-refractivity contribution >= 4 is 17.8 Å². The van der Waals surface area contributed by atoms with E-state index in [1.165, 1.54) is 18.5 Å². The molecule has 6 heteroatoms. The molecule has 132 valence electrons. The van der Waals surface area contributed by atoms with Gasteiger partial charge in [0.15, 0.2) is 5.76 Å². The summed E-state index contributed by atoms with van der Waals surface area (Å²) in [5, 5.41) is 3.84. The molecule has 1 unspecified atom stereocenters. The second-order valence-corrected chi connectivity index (χ2v) is 7.09. The third-order valence-electron chi connectivity index (χ3n) is 4.87. The van der Waals surface area contributed by atoms with E-state index in [1.807, 2.05) is 13.1 Å². The number of benzene rings is 1. The van der Waals surface area contributed by atoms with Gasteiger partial charge in [0.25, 0.3) is 0 Å². The first-order valence-corrected chi connectivity index (χ1v) is 8.24. The van der Waals surface area contributed by atoms with Crippen LogP contribution >= 0.6 is 0 Å². The van der Waals surface area contributed by atoms with E-state index < -0.39 is 5.91 Å². The highest BCUT2D eigenvalue weighted by atomic mass is 19.1. The molecule has 1 amide bonds. The minimum Gasteiger partial charge on any atom is -0.459 e. The van der Waals surface area contributed by atoms with E-state index in [9.17, 15) is 9.18 Å². The lowest BCUT2D eigenvalue weighted by Gasteiger charge is -2.45. The summed E-state index contributed by atoms with van der Waals surface area (Å²) in [5.74, 6) is -0.381. The lowest BCUT2D eigenvalue weighted by Crippen LogP contribution is -2.45. The van der Waals surface area contributed by atoms with E-state index in [4.69, 9.17) is 4.42 Å². The van der Waals surface area contributed by atoms with Gasteiger partial charge in [0.2, 0.25) is 0 Å². The molecule has 0 aliphatic carbocycles. The second kappa shape index (κ2) is 6.35. The van der Waals surface area contributed by atoms with E-state index in [0.717, 1.165) is 17.7 Å². The lowest BCUT2D eigenvalue weighted by molar-refractivity contribution is 0.0927. The highest BCUT2D eigenvalue weighted by Gasteiger charge is 2.34. The van der Waals surface area contributed by atoms with Crippen LogP contribution in [0.25, 0.3) is 0 Å². The molecule has 1 N–H and O–H groups in total. The van der Waals surface area contributed by atoms with Crippen molar-refractivity contribution in [2.75, 3.05) is 11.9 Å². The minimum atomic E-state index is -0.477. The molecule has 25 heavy (non-hydrogen) atoms. The van der Waals surface area contributed by atoms with E-state index in [2.05, 4.69) is 36.2 Å². The van der Waals surface area contributed by atoms with Crippen LogP contribution in [0.4, 0.5) is 10.1 Å². The van der Waals surface area contributed by atoms with Crippen LogP contribution in [-0.4, -0.2) is 24.7 Å². The summed E-state index contributed by atoms with van der Waals surface area (Å²) in [4.78, 5) is 13.9. The molecule has 3 rings (SSSR count). The van der Waals surface area contributed by atoms with Crippen molar-refractivity contribution in [2.45, 2.75) is 38.6 Å². The van der Waals surface area contributed by atoms with Crippen molar-refractivity contribution in [3.05, 3.63) is 53.2 Å². The Bertz CT molecular complexity index is 812. The van der Waals surface area contributed by atoms with Gasteiger partial charge >= 0.3 is 5.91 Å². The maximum Gasteiger partial charge on any atom is 0.307 e. The van der Waals surface area contributed by atoms with Gasteiger partial charge in [0.05, 0.1) is 12.5 Å². The molecule has 2 aromatic rings. The van der Waals surface area contributed by atoms with Crippen molar-refractivity contribution in [1.29, 1.82) is 0 Å². The van der Waals surface area contributed by atoms with Gasteiger partial charge in [-0.3, -0.25) is 4.79 Å². The molecule has 1 aliphatic rings. The fourth-order valence-corrected chi connectivity index (χ4v) is 3.33. The third kappa shape index (κ3) is 3.29. The van der Waals surface area contributed by atoms with Gasteiger partial charge in [0, 0.05) is 23.8 Å². The standard InChI is InChI=1S/C19H22FN3O2/c1-12-10-19(2,3)23(4)16-9-15(20)13(8-14(12)16)11-21-22-18(24)17-6-5-7-25-17/h5-9,11-12H,10H2,1-4H3,(H,22,24)/b21-11+. The lowest BCUT2D eigenvalue weighted by atomic mass is 9.80. The number of hydrogen-bond donors (Lipinski definition) is 1. The van der Waals surface area contributed by atoms with Crippen molar-refractivity contribution in [3.63, 3.8) is 0 Å². The molecule has 0 saturated heterocycles. The van der Waals surface area contributed by atoms with Crippen LogP contribution in [0.2, 0.25) is 0 Å². The van der Waals surface area contributed by atoms with E-state index in [1.54, 1.807) is 12.1 Å². The number of fused-ring (bicyclic) bond motifs is 1. The van der Waals surface area contributed by atoms with Gasteiger partial charge < -0.3 is 9.32 Å². The van der Waals surface area contributed by atoms with Gasteiger partial charge in [0.1, 0.15) is 5.82 Å². The minimum absolute atomic E-state index is 0.0223. The first-order valence-electron chi connectivity index (χ1n) is 8.24. The topological polar surface area (TPSA) is 57.8 Å². The number of anilines is 1. The van der Waals surface area contributed by atoms with E-state index in [-0.39, 0.29) is 17.1 Å². The molecular weight excluding hydrogens is 321 g/mol. The molecule has 2 heterocycles. The highest BCUT2D eigenvalue weighted by Crippen LogP contribution is 2.43. The van der Waals surface area contributed by atoms with Crippen LogP contribution < -0.4 is 10.3 Å². The van der Waals surface area contributed by atoms with Crippen LogP contribution in [0, 0.1) is 5.82 Å². The number of hydrogen-bond acceptors (Lipinski definition) is 4. The molecule has 5 nitrogen and oxygen atoms in total. The second-order valence-electron chi connectivity index (χ2n) is 7.09. The average Bonchev–Trinajstić information content (AvgIpc) is 3.08. The maximum absolute atomic E-state index is 14.5. The maximum atomic E-state index is 14.5. The van der Waals surface area contributed by atoms with E-state index >= 15 is 0 Å². The molecule has 1 atom stereocenters. The number of rotatable bonds is 3. The summed E-state index contributed by atoms with van der Waals surface area (Å²) in [6.45, 7) is 6.46. The molecule has 0 spiro atoms. The molecule has 1 aliphatic heterocycles. The third-order valence-corrected chi connectivity index (χ3v) is 4.87. The summed E-state index contributed by atoms with van der Waals surface area (Å²) < 4.78 is 19.5. The van der Waals surface area contributed by atoms with Crippen molar-refractivity contribution in [1.82, 2.24) is 5.43 Å². The Morgan fingerprint density at radius 1 is 1.48 bits per heavy atom. The molecule has 0 saturated carbocycles. The summed E-state index contributed by atoms with van der Waals surface area (Å²) in [5.41, 5.74) is 4.64. The molecule has 0 radical (unpaired) electrons. The van der Waals surface area contributed by atoms with E-state index in [0.29, 0.717) is 11.5 Å². The monoisotopic (exact) mass is 343 g/mol. The quantitative estimate of drug-likeness (QED) is 0.679. The van der Waals surface area contributed by atoms with Crippen LogP contribution in [0.5, 0.6) is 0 Å². The van der Waals surface area contributed by atoms with Gasteiger partial charge in [-0.1, -0.05) is 6.92 Å². The number of halogens is 1. The van der Waals surface area contributed by atoms with Crippen LogP contribution in [-0.2, 0) is 0 Å². The number of nitrogens with one attached hydrogen (secondary N) is 1. The van der Waals surface area contributed by atoms with Gasteiger partial charge in [-0.2, -0.15) is 5.10 Å². The number of nitrogens with zero attached hydrogens (tertiary/aromatic N) is 2. The molecule has 0 bridgehead atoms. The van der Waals surface area contributed by atoms with Crippen LogP contribution in [0.15, 0.2) is 40.0 Å². The SMILES string of the molecule is CC1CC(C)(C)N(C)c2cc(F)c(/C=N/NC(=O)c3ccco3)cc21. The smallest absolute Gasteiger partial charge is 0.307 e. The van der Waals surface area contributed by atoms with Crippen molar-refractivity contribution in [3.8, 4) is 0 Å². The largest absolute Gasteiger partial charge is 0.459 e. The van der Waals surface area contributed by atoms with Crippen LogP contribution in [0.3, 0.4) is 0 Å². The first kappa shape index (κ1) is 17.2. The Kier molecular flexibility index (Phi) is 4.37. The molecule has 0 fully saturated rings. The fourth-order valence-electron chi connectivity index (χ4n) is 3.33. The Morgan fingerprint density at radius 3 is 2.92 bits per heavy atom. The number of carbonyl (C=O) groups excluding carboxylic acids is 1. The zero-order valence-corrected chi connectivity index (χ0v) is 14.8. The van der Waals surface area contributed by atoms with Gasteiger partial charge in [-0.05, 0) is 56.0 Å². The molecular formula is C19H22FN3O2. The number of amides is 1. The number of hydrazone groups is 1. The Hall–Kier alpha value is -2.63. The summed E-state index contributed by atoms with van der Waals surface area (Å²) >= 11 is 0. The predicted molar refractivity (Wildman–Crippen MR) is 95.7 cm³/mol. The first-order chi connectivity index (χ1) is 11.8. The number of furan rings is 1. The predicted octanol–water partition coefficient (Wildman–Crippen LogP) is 3.90. The van der Waals surface area contributed by atoms with Gasteiger partial charge in [-0.25, -0.2) is 9.82 Å². The normalized spacial score (nSPS) is 19.1. The van der Waals surface area contributed by atoms with Crippen LogP contribution in [0.1, 0.15) is 54.8 Å². The Balaban J connectivity index is 1.83. The average molecular weight is 343 g/mol. The van der Waals surface area contributed by atoms with Crippen molar-refractivity contribution in [2.24, 2.45) is 5.10 Å². The summed E-state index contributed by atoms with van der Waals surface area (Å²) in [7, 11) is 1.99. The number of carbonyl (C=O) groups is 1. The Morgan fingerprint density at radius 2 is 2.24 bits per heavy atom. The zero-order chi connectivity index (χ0) is 18.2. The molecule has 1 aromatic carbocycles. The molecule has 1 aromatic heterocycles.